The second-order valence-corrected chi connectivity index (χ2v) is 6.87. The molecule has 0 radical (unpaired) electrons. The third kappa shape index (κ3) is 5.57. The largest absolute Gasteiger partial charge is 0.234 e. The van der Waals surface area contributed by atoms with E-state index in [4.69, 9.17) is 0 Å². The molecule has 0 amide bonds. The minimum Gasteiger partial charge on any atom is -0.211 e. The zero-order valence-corrected chi connectivity index (χ0v) is 12.8. The molecule has 0 aromatic carbocycles. The van der Waals surface area contributed by atoms with E-state index in [0.717, 1.165) is 11.8 Å². The monoisotopic (exact) mass is 290 g/mol. The molecular formula is C17H26N2O2. The molecule has 4 heteroatoms. The van der Waals surface area contributed by atoms with Crippen molar-refractivity contribution < 1.29 is 9.59 Å². The summed E-state index contributed by atoms with van der Waals surface area (Å²) < 4.78 is 0. The fourth-order valence-electron chi connectivity index (χ4n) is 4.10. The SMILES string of the molecule is O=C=NCC1CCC(CC2CCC(CN=C=O)CC2)CC1. The molecule has 0 spiro atoms. The fraction of sp³-hybridized carbons (Fsp3) is 0.882. The number of hydrogen-bond acceptors (Lipinski definition) is 4. The van der Waals surface area contributed by atoms with Gasteiger partial charge >= 0.3 is 0 Å². The zero-order chi connectivity index (χ0) is 14.9. The highest BCUT2D eigenvalue weighted by Gasteiger charge is 2.26. The van der Waals surface area contributed by atoms with Crippen LogP contribution in [0.1, 0.15) is 57.8 Å². The third-order valence-electron chi connectivity index (χ3n) is 5.43. The van der Waals surface area contributed by atoms with Crippen molar-refractivity contribution in [1.29, 1.82) is 0 Å². The van der Waals surface area contributed by atoms with Gasteiger partial charge in [0.25, 0.3) is 0 Å². The Morgan fingerprint density at radius 2 is 0.952 bits per heavy atom. The molecule has 0 unspecified atom stereocenters. The molecule has 21 heavy (non-hydrogen) atoms. The van der Waals surface area contributed by atoms with Gasteiger partial charge in [-0.1, -0.05) is 25.7 Å². The van der Waals surface area contributed by atoms with Crippen molar-refractivity contribution >= 4 is 12.2 Å². The molecule has 0 bridgehead atoms. The molecule has 0 heterocycles. The lowest BCUT2D eigenvalue weighted by Crippen LogP contribution is -2.22. The van der Waals surface area contributed by atoms with E-state index in [1.807, 2.05) is 0 Å². The quantitative estimate of drug-likeness (QED) is 0.553. The number of rotatable bonds is 6. The van der Waals surface area contributed by atoms with Gasteiger partial charge in [-0.05, 0) is 55.8 Å². The van der Waals surface area contributed by atoms with Gasteiger partial charge < -0.3 is 0 Å². The number of aliphatic imine (C=N–C) groups is 2. The van der Waals surface area contributed by atoms with Gasteiger partial charge in [-0.3, -0.25) is 0 Å². The van der Waals surface area contributed by atoms with Gasteiger partial charge in [0, 0.05) is 0 Å². The van der Waals surface area contributed by atoms with Crippen molar-refractivity contribution in [2.75, 3.05) is 13.1 Å². The summed E-state index contributed by atoms with van der Waals surface area (Å²) in [6.45, 7) is 1.36. The summed E-state index contributed by atoms with van der Waals surface area (Å²) in [6, 6.07) is 0. The molecule has 2 fully saturated rings. The van der Waals surface area contributed by atoms with Crippen LogP contribution >= 0.6 is 0 Å². The Bertz CT molecular complexity index is 357. The van der Waals surface area contributed by atoms with E-state index < -0.39 is 0 Å². The van der Waals surface area contributed by atoms with Crippen LogP contribution in [0.5, 0.6) is 0 Å². The molecule has 0 aromatic rings. The first kappa shape index (κ1) is 16.1. The Morgan fingerprint density at radius 3 is 1.29 bits per heavy atom. The lowest BCUT2D eigenvalue weighted by atomic mass is 9.73. The minimum absolute atomic E-state index is 0.611. The van der Waals surface area contributed by atoms with Crippen molar-refractivity contribution in [3.8, 4) is 0 Å². The summed E-state index contributed by atoms with van der Waals surface area (Å²) in [6.07, 6.45) is 14.8. The Morgan fingerprint density at radius 1 is 0.619 bits per heavy atom. The fourth-order valence-corrected chi connectivity index (χ4v) is 4.10. The number of nitrogens with zero attached hydrogens (tertiary/aromatic N) is 2. The average Bonchev–Trinajstić information content (AvgIpc) is 2.53. The van der Waals surface area contributed by atoms with E-state index in [2.05, 4.69) is 9.98 Å². The summed E-state index contributed by atoms with van der Waals surface area (Å²) in [5, 5.41) is 0. The molecule has 0 saturated heterocycles. The molecule has 4 nitrogen and oxygen atoms in total. The first-order valence-corrected chi connectivity index (χ1v) is 8.39. The van der Waals surface area contributed by atoms with Crippen LogP contribution in [0.4, 0.5) is 0 Å². The van der Waals surface area contributed by atoms with Crippen LogP contribution in [0, 0.1) is 23.7 Å². The Labute approximate surface area is 127 Å². The summed E-state index contributed by atoms with van der Waals surface area (Å²) in [5.74, 6) is 2.96. The first-order chi connectivity index (χ1) is 10.3. The summed E-state index contributed by atoms with van der Waals surface area (Å²) >= 11 is 0. The first-order valence-electron chi connectivity index (χ1n) is 8.39. The highest BCUT2D eigenvalue weighted by molar-refractivity contribution is 5.33. The highest BCUT2D eigenvalue weighted by atomic mass is 16.1. The molecule has 2 aliphatic carbocycles. The minimum atomic E-state index is 0.611. The number of carbonyl (C=O) groups excluding carboxylic acids is 2. The van der Waals surface area contributed by atoms with E-state index in [-0.39, 0.29) is 0 Å². The summed E-state index contributed by atoms with van der Waals surface area (Å²) in [5.41, 5.74) is 0. The predicted molar refractivity (Wildman–Crippen MR) is 81.5 cm³/mol. The second-order valence-electron chi connectivity index (χ2n) is 6.87. The molecule has 2 rings (SSSR count). The van der Waals surface area contributed by atoms with Crippen molar-refractivity contribution in [3.05, 3.63) is 0 Å². The van der Waals surface area contributed by atoms with Gasteiger partial charge in [0.15, 0.2) is 0 Å². The van der Waals surface area contributed by atoms with E-state index >= 15 is 0 Å². The van der Waals surface area contributed by atoms with Crippen molar-refractivity contribution in [2.24, 2.45) is 33.7 Å². The van der Waals surface area contributed by atoms with Crippen molar-refractivity contribution in [1.82, 2.24) is 0 Å². The molecule has 0 N–H and O–H groups in total. The van der Waals surface area contributed by atoms with Crippen LogP contribution in [-0.4, -0.2) is 25.2 Å². The van der Waals surface area contributed by atoms with E-state index in [1.54, 1.807) is 12.2 Å². The lowest BCUT2D eigenvalue weighted by Gasteiger charge is -2.33. The van der Waals surface area contributed by atoms with Crippen molar-refractivity contribution in [3.63, 3.8) is 0 Å². The standard InChI is InChI=1S/C17H26N2O2/c20-12-18-10-16-5-1-14(2-6-16)9-15-3-7-17(8-4-15)11-19-13-21/h14-17H,1-11H2. The maximum Gasteiger partial charge on any atom is 0.234 e. The molecule has 116 valence electrons. The molecule has 0 aliphatic heterocycles. The Kier molecular flexibility index (Phi) is 6.85. The van der Waals surface area contributed by atoms with Crippen LogP contribution in [0.25, 0.3) is 0 Å². The second kappa shape index (κ2) is 8.92. The lowest BCUT2D eigenvalue weighted by molar-refractivity contribution is 0.195. The van der Waals surface area contributed by atoms with Crippen LogP contribution in [0.15, 0.2) is 9.98 Å². The average molecular weight is 290 g/mol. The molecule has 2 saturated carbocycles. The Balaban J connectivity index is 1.63. The molecular weight excluding hydrogens is 264 g/mol. The van der Waals surface area contributed by atoms with Crippen molar-refractivity contribution in [2.45, 2.75) is 57.8 Å². The van der Waals surface area contributed by atoms with Gasteiger partial charge in [0.05, 0.1) is 13.1 Å². The molecule has 0 aromatic heterocycles. The highest BCUT2D eigenvalue weighted by Crippen LogP contribution is 2.38. The zero-order valence-electron chi connectivity index (χ0n) is 12.8. The van der Waals surface area contributed by atoms with Gasteiger partial charge in [-0.25, -0.2) is 19.6 Å². The number of isocyanates is 2. The van der Waals surface area contributed by atoms with Crippen LogP contribution in [0.3, 0.4) is 0 Å². The predicted octanol–water partition coefficient (Wildman–Crippen LogP) is 3.66. The normalized spacial score (nSPS) is 32.8. The maximum atomic E-state index is 10.1. The van der Waals surface area contributed by atoms with Gasteiger partial charge in [-0.2, -0.15) is 0 Å². The smallest absolute Gasteiger partial charge is 0.211 e. The van der Waals surface area contributed by atoms with E-state index in [0.29, 0.717) is 24.9 Å². The summed E-state index contributed by atoms with van der Waals surface area (Å²) in [4.78, 5) is 27.7. The molecule has 0 atom stereocenters. The van der Waals surface area contributed by atoms with E-state index in [1.165, 1.54) is 57.8 Å². The molecule has 2 aliphatic rings. The van der Waals surface area contributed by atoms with Gasteiger partial charge in [0.2, 0.25) is 12.2 Å². The number of hydrogen-bond donors (Lipinski definition) is 0. The van der Waals surface area contributed by atoms with E-state index in [9.17, 15) is 9.59 Å². The Hall–Kier alpha value is -1.24. The maximum absolute atomic E-state index is 10.1. The van der Waals surface area contributed by atoms with Crippen LogP contribution in [0.2, 0.25) is 0 Å². The van der Waals surface area contributed by atoms with Gasteiger partial charge in [-0.15, -0.1) is 0 Å². The topological polar surface area (TPSA) is 58.9 Å². The summed E-state index contributed by atoms with van der Waals surface area (Å²) in [7, 11) is 0. The van der Waals surface area contributed by atoms with Crippen LogP contribution < -0.4 is 0 Å². The van der Waals surface area contributed by atoms with Gasteiger partial charge in [0.1, 0.15) is 0 Å². The third-order valence-corrected chi connectivity index (χ3v) is 5.43. The van der Waals surface area contributed by atoms with Crippen LogP contribution in [-0.2, 0) is 9.59 Å².